The van der Waals surface area contributed by atoms with E-state index < -0.39 is 4.92 Å². The van der Waals surface area contributed by atoms with Gasteiger partial charge in [-0.15, -0.1) is 0 Å². The second-order valence-electron chi connectivity index (χ2n) is 6.98. The Hall–Kier alpha value is -3.59. The molecule has 0 bridgehead atoms. The summed E-state index contributed by atoms with van der Waals surface area (Å²) in [6, 6.07) is 11.3. The van der Waals surface area contributed by atoms with Crippen LogP contribution in [-0.2, 0) is 4.84 Å². The van der Waals surface area contributed by atoms with Crippen LogP contribution in [0.4, 0.5) is 5.69 Å². The molecule has 4 rings (SSSR count). The third kappa shape index (κ3) is 3.36. The molecule has 0 atom stereocenters. The molecule has 1 aliphatic rings. The summed E-state index contributed by atoms with van der Waals surface area (Å²) in [5.41, 5.74) is 1.46. The smallest absolute Gasteiger partial charge is 0.270 e. The molecule has 0 spiro atoms. The van der Waals surface area contributed by atoms with E-state index >= 15 is 0 Å². The number of nitrogens with zero attached hydrogens (tertiary/aromatic N) is 5. The van der Waals surface area contributed by atoms with E-state index in [9.17, 15) is 14.9 Å². The van der Waals surface area contributed by atoms with E-state index in [0.717, 1.165) is 13.0 Å². The SMILES string of the molecule is CN(C)CCCO/N=C1\c2cc([N+](=O)[O-])ccc2-n2c1nc1ccccc1c2=O. The van der Waals surface area contributed by atoms with Crippen LogP contribution in [0.3, 0.4) is 0 Å². The van der Waals surface area contributed by atoms with Crippen molar-refractivity contribution in [1.29, 1.82) is 0 Å². The second-order valence-corrected chi connectivity index (χ2v) is 6.98. The van der Waals surface area contributed by atoms with Crippen LogP contribution < -0.4 is 5.56 Å². The molecule has 9 nitrogen and oxygen atoms in total. The maximum absolute atomic E-state index is 13.1. The Balaban J connectivity index is 1.84. The van der Waals surface area contributed by atoms with Crippen molar-refractivity contribution in [2.24, 2.45) is 5.16 Å². The average Bonchev–Trinajstić information content (AvgIpc) is 3.00. The summed E-state index contributed by atoms with van der Waals surface area (Å²) in [6.07, 6.45) is 0.767. The Morgan fingerprint density at radius 1 is 1.24 bits per heavy atom. The highest BCUT2D eigenvalue weighted by Gasteiger charge is 2.31. The highest BCUT2D eigenvalue weighted by Crippen LogP contribution is 2.30. The van der Waals surface area contributed by atoms with Gasteiger partial charge in [0.25, 0.3) is 11.2 Å². The van der Waals surface area contributed by atoms with Crippen molar-refractivity contribution in [3.05, 3.63) is 74.3 Å². The minimum atomic E-state index is -0.481. The summed E-state index contributed by atoms with van der Waals surface area (Å²) in [5, 5.41) is 15.9. The molecule has 0 amide bonds. The molecule has 2 heterocycles. The maximum atomic E-state index is 13.1. The number of nitro benzene ring substituents is 1. The number of benzene rings is 2. The molecule has 0 N–H and O–H groups in total. The van der Waals surface area contributed by atoms with Gasteiger partial charge < -0.3 is 9.74 Å². The van der Waals surface area contributed by atoms with Crippen molar-refractivity contribution in [3.63, 3.8) is 0 Å². The highest BCUT2D eigenvalue weighted by atomic mass is 16.6. The zero-order chi connectivity index (χ0) is 20.5. The van der Waals surface area contributed by atoms with E-state index in [4.69, 9.17) is 4.84 Å². The van der Waals surface area contributed by atoms with Crippen LogP contribution in [0.25, 0.3) is 16.6 Å². The number of rotatable bonds is 6. The standard InChI is InChI=1S/C20H19N5O4/c1-23(2)10-5-11-29-22-18-15-12-13(25(27)28)8-9-17(15)24-19(18)21-16-7-4-3-6-14(16)20(24)26/h3-4,6-9,12H,5,10-11H2,1-2H3/b22-18+. The fourth-order valence-electron chi connectivity index (χ4n) is 3.30. The molecule has 148 valence electrons. The predicted octanol–water partition coefficient (Wildman–Crippen LogP) is 2.33. The second kappa shape index (κ2) is 7.44. The summed E-state index contributed by atoms with van der Waals surface area (Å²) in [6.45, 7) is 1.22. The van der Waals surface area contributed by atoms with Gasteiger partial charge in [-0.3, -0.25) is 19.5 Å². The largest absolute Gasteiger partial charge is 0.395 e. The van der Waals surface area contributed by atoms with Crippen molar-refractivity contribution in [1.82, 2.24) is 14.5 Å². The normalized spacial score (nSPS) is 13.7. The first-order valence-electron chi connectivity index (χ1n) is 9.13. The third-order valence-corrected chi connectivity index (χ3v) is 4.67. The zero-order valence-electron chi connectivity index (χ0n) is 16.0. The van der Waals surface area contributed by atoms with Crippen molar-refractivity contribution in [2.45, 2.75) is 6.42 Å². The van der Waals surface area contributed by atoms with Gasteiger partial charge in [-0.1, -0.05) is 17.3 Å². The van der Waals surface area contributed by atoms with E-state index in [-0.39, 0.29) is 11.2 Å². The van der Waals surface area contributed by atoms with Gasteiger partial charge in [-0.25, -0.2) is 4.98 Å². The number of non-ortho nitro benzene ring substituents is 1. The fourth-order valence-corrected chi connectivity index (χ4v) is 3.30. The average molecular weight is 393 g/mol. The summed E-state index contributed by atoms with van der Waals surface area (Å²) < 4.78 is 1.43. The Morgan fingerprint density at radius 2 is 2.03 bits per heavy atom. The topological polar surface area (TPSA) is 103 Å². The van der Waals surface area contributed by atoms with Crippen LogP contribution in [0.15, 0.2) is 52.4 Å². The quantitative estimate of drug-likeness (QED) is 0.283. The molecule has 0 saturated heterocycles. The minimum absolute atomic E-state index is 0.0885. The molecule has 0 fully saturated rings. The number of para-hydroxylation sites is 1. The first-order valence-corrected chi connectivity index (χ1v) is 9.13. The molecule has 0 aliphatic carbocycles. The molecule has 2 aromatic carbocycles. The Bertz CT molecular complexity index is 1200. The summed E-state index contributed by atoms with van der Waals surface area (Å²) in [7, 11) is 3.94. The molecule has 1 aliphatic heterocycles. The van der Waals surface area contributed by atoms with Gasteiger partial charge in [0.2, 0.25) is 0 Å². The first kappa shape index (κ1) is 18.8. The van der Waals surface area contributed by atoms with Crippen molar-refractivity contribution in [2.75, 3.05) is 27.2 Å². The monoisotopic (exact) mass is 393 g/mol. The van der Waals surface area contributed by atoms with Crippen molar-refractivity contribution in [3.8, 4) is 5.69 Å². The number of aromatic nitrogens is 2. The zero-order valence-corrected chi connectivity index (χ0v) is 16.0. The molecule has 3 aromatic rings. The van der Waals surface area contributed by atoms with Crippen LogP contribution in [0, 0.1) is 10.1 Å². The molecule has 0 unspecified atom stereocenters. The Morgan fingerprint density at radius 3 is 2.79 bits per heavy atom. The van der Waals surface area contributed by atoms with Gasteiger partial charge in [0.05, 0.1) is 21.5 Å². The van der Waals surface area contributed by atoms with E-state index in [1.807, 2.05) is 19.0 Å². The number of fused-ring (bicyclic) bond motifs is 4. The van der Waals surface area contributed by atoms with Crippen LogP contribution in [0.1, 0.15) is 17.8 Å². The van der Waals surface area contributed by atoms with E-state index in [1.165, 1.54) is 16.7 Å². The van der Waals surface area contributed by atoms with Crippen LogP contribution in [0.5, 0.6) is 0 Å². The van der Waals surface area contributed by atoms with Crippen molar-refractivity contribution < 1.29 is 9.76 Å². The lowest BCUT2D eigenvalue weighted by Crippen LogP contribution is -2.21. The summed E-state index contributed by atoms with van der Waals surface area (Å²) in [5.74, 6) is 0.316. The number of hydrogen-bond donors (Lipinski definition) is 0. The van der Waals surface area contributed by atoms with Gasteiger partial charge >= 0.3 is 0 Å². The third-order valence-electron chi connectivity index (χ3n) is 4.67. The lowest BCUT2D eigenvalue weighted by molar-refractivity contribution is -0.384. The maximum Gasteiger partial charge on any atom is 0.270 e. The molecule has 1 aromatic heterocycles. The number of oxime groups is 1. The first-order chi connectivity index (χ1) is 14.0. The Labute approximate surface area is 166 Å². The molecular formula is C20H19N5O4. The number of nitro groups is 1. The molecular weight excluding hydrogens is 374 g/mol. The summed E-state index contributed by atoms with van der Waals surface area (Å²) >= 11 is 0. The summed E-state index contributed by atoms with van der Waals surface area (Å²) in [4.78, 5) is 35.9. The lowest BCUT2D eigenvalue weighted by atomic mass is 10.1. The van der Waals surface area contributed by atoms with E-state index in [2.05, 4.69) is 10.1 Å². The fraction of sp³-hybridized carbons (Fsp3) is 0.250. The van der Waals surface area contributed by atoms with Gasteiger partial charge in [0.1, 0.15) is 6.61 Å². The van der Waals surface area contributed by atoms with E-state index in [1.54, 1.807) is 30.3 Å². The molecule has 0 radical (unpaired) electrons. The van der Waals surface area contributed by atoms with Crippen molar-refractivity contribution >= 4 is 22.3 Å². The van der Waals surface area contributed by atoms with Crippen LogP contribution >= 0.6 is 0 Å². The van der Waals surface area contributed by atoms with Gasteiger partial charge in [0.15, 0.2) is 11.5 Å². The van der Waals surface area contributed by atoms with Gasteiger partial charge in [-0.2, -0.15) is 0 Å². The van der Waals surface area contributed by atoms with Gasteiger partial charge in [0, 0.05) is 24.2 Å². The predicted molar refractivity (Wildman–Crippen MR) is 109 cm³/mol. The minimum Gasteiger partial charge on any atom is -0.395 e. The van der Waals surface area contributed by atoms with E-state index in [0.29, 0.717) is 40.3 Å². The Kier molecular flexibility index (Phi) is 4.81. The molecule has 29 heavy (non-hydrogen) atoms. The molecule has 0 saturated carbocycles. The lowest BCUT2D eigenvalue weighted by Gasteiger charge is -2.08. The molecule has 9 heteroatoms. The number of hydrogen-bond acceptors (Lipinski definition) is 7. The van der Waals surface area contributed by atoms with Crippen LogP contribution in [0.2, 0.25) is 0 Å². The van der Waals surface area contributed by atoms with Crippen LogP contribution in [-0.4, -0.2) is 52.3 Å². The highest BCUT2D eigenvalue weighted by molar-refractivity contribution is 6.16. The van der Waals surface area contributed by atoms with Gasteiger partial charge in [-0.05, 0) is 38.7 Å².